The highest BCUT2D eigenvalue weighted by atomic mass is 32.2. The van der Waals surface area contributed by atoms with Crippen LogP contribution in [0, 0.1) is 0 Å². The van der Waals surface area contributed by atoms with Gasteiger partial charge in [0.05, 0.1) is 24.6 Å². The van der Waals surface area contributed by atoms with E-state index in [2.05, 4.69) is 0 Å². The number of hydrogen-bond acceptors (Lipinski definition) is 5. The topological polar surface area (TPSA) is 57.7 Å². The highest BCUT2D eigenvalue weighted by molar-refractivity contribution is 7.91. The van der Waals surface area contributed by atoms with Crippen molar-refractivity contribution in [1.29, 1.82) is 0 Å². The van der Waals surface area contributed by atoms with E-state index >= 15 is 0 Å². The van der Waals surface area contributed by atoms with E-state index in [0.29, 0.717) is 19.5 Å². The molecule has 7 heteroatoms. The van der Waals surface area contributed by atoms with E-state index in [1.165, 1.54) is 0 Å². The van der Waals surface area contributed by atoms with Crippen LogP contribution in [0.15, 0.2) is 17.5 Å². The summed E-state index contributed by atoms with van der Waals surface area (Å²) in [4.78, 5) is 17.2. The van der Waals surface area contributed by atoms with Gasteiger partial charge >= 0.3 is 0 Å². The van der Waals surface area contributed by atoms with Crippen LogP contribution in [-0.2, 0) is 21.2 Å². The summed E-state index contributed by atoms with van der Waals surface area (Å²) in [6, 6.07) is 3.97. The normalized spacial score (nSPS) is 20.8. The molecule has 0 aliphatic carbocycles. The Labute approximate surface area is 130 Å². The minimum Gasteiger partial charge on any atom is -0.337 e. The number of carbonyl (C=O) groups is 1. The van der Waals surface area contributed by atoms with Crippen molar-refractivity contribution in [3.8, 4) is 0 Å². The highest BCUT2D eigenvalue weighted by Crippen LogP contribution is 2.17. The van der Waals surface area contributed by atoms with Gasteiger partial charge in [-0.3, -0.25) is 9.69 Å². The number of amides is 1. The van der Waals surface area contributed by atoms with Gasteiger partial charge in [-0.1, -0.05) is 6.07 Å². The molecular weight excluding hydrogens is 308 g/mol. The largest absolute Gasteiger partial charge is 0.337 e. The Morgan fingerprint density at radius 1 is 1.48 bits per heavy atom. The van der Waals surface area contributed by atoms with E-state index in [0.717, 1.165) is 4.88 Å². The maximum Gasteiger partial charge on any atom is 0.237 e. The fourth-order valence-electron chi connectivity index (χ4n) is 2.53. The molecule has 0 bridgehead atoms. The van der Waals surface area contributed by atoms with Crippen LogP contribution in [0.25, 0.3) is 0 Å². The third kappa shape index (κ3) is 4.52. The van der Waals surface area contributed by atoms with Crippen molar-refractivity contribution in [2.24, 2.45) is 0 Å². The average Bonchev–Trinajstić information content (AvgIpc) is 3.04. The molecule has 21 heavy (non-hydrogen) atoms. The molecule has 1 amide bonds. The Morgan fingerprint density at radius 3 is 2.76 bits per heavy atom. The van der Waals surface area contributed by atoms with Crippen molar-refractivity contribution in [1.82, 2.24) is 9.80 Å². The van der Waals surface area contributed by atoms with Gasteiger partial charge in [0, 0.05) is 17.5 Å². The fourth-order valence-corrected chi connectivity index (χ4v) is 5.06. The second-order valence-electron chi connectivity index (χ2n) is 5.46. The Kier molecular flexibility index (Phi) is 5.40. The maximum atomic E-state index is 12.4. The minimum absolute atomic E-state index is 0.0283. The van der Waals surface area contributed by atoms with Crippen molar-refractivity contribution in [2.45, 2.75) is 25.9 Å². The van der Waals surface area contributed by atoms with Gasteiger partial charge in [0.2, 0.25) is 5.91 Å². The smallest absolute Gasteiger partial charge is 0.237 e. The molecule has 1 fully saturated rings. The van der Waals surface area contributed by atoms with E-state index in [1.54, 1.807) is 11.3 Å². The number of likely N-dealkylation sites (N-methyl/N-ethyl adjacent to an activating group) is 2. The molecule has 1 aliphatic heterocycles. The van der Waals surface area contributed by atoms with Gasteiger partial charge < -0.3 is 4.90 Å². The summed E-state index contributed by atoms with van der Waals surface area (Å²) in [5, 5.41) is 2.00. The molecule has 2 rings (SSSR count). The van der Waals surface area contributed by atoms with Crippen LogP contribution in [0.1, 0.15) is 18.2 Å². The van der Waals surface area contributed by atoms with Gasteiger partial charge in [-0.2, -0.15) is 0 Å². The molecule has 1 atom stereocenters. The maximum absolute atomic E-state index is 12.4. The van der Waals surface area contributed by atoms with Crippen LogP contribution in [0.3, 0.4) is 0 Å². The summed E-state index contributed by atoms with van der Waals surface area (Å²) in [6.45, 7) is 3.53. The fraction of sp³-hybridized carbons (Fsp3) is 0.643. The summed E-state index contributed by atoms with van der Waals surface area (Å²) in [5.74, 6) is 0.467. The first kappa shape index (κ1) is 16.5. The Bertz CT molecular complexity index is 569. The molecule has 2 heterocycles. The van der Waals surface area contributed by atoms with Crippen molar-refractivity contribution in [3.05, 3.63) is 22.4 Å². The Morgan fingerprint density at radius 2 is 2.24 bits per heavy atom. The van der Waals surface area contributed by atoms with E-state index in [9.17, 15) is 13.2 Å². The van der Waals surface area contributed by atoms with E-state index in [4.69, 9.17) is 0 Å². The zero-order valence-electron chi connectivity index (χ0n) is 12.5. The number of hydrogen-bond donors (Lipinski definition) is 0. The molecule has 1 unspecified atom stereocenters. The molecule has 1 aromatic rings. The third-order valence-corrected chi connectivity index (χ3v) is 6.49. The Balaban J connectivity index is 1.90. The van der Waals surface area contributed by atoms with Gasteiger partial charge in [0.15, 0.2) is 9.84 Å². The van der Waals surface area contributed by atoms with Crippen LogP contribution in [0.4, 0.5) is 0 Å². The number of carbonyl (C=O) groups excluding carboxylic acids is 1. The van der Waals surface area contributed by atoms with E-state index in [-0.39, 0.29) is 30.0 Å². The van der Waals surface area contributed by atoms with Crippen molar-refractivity contribution >= 4 is 27.1 Å². The average molecular weight is 330 g/mol. The molecule has 1 aromatic heterocycles. The monoisotopic (exact) mass is 330 g/mol. The van der Waals surface area contributed by atoms with E-state index < -0.39 is 9.84 Å². The predicted octanol–water partition coefficient (Wildman–Crippen LogP) is 1.22. The number of thiophene rings is 1. The molecule has 0 saturated carbocycles. The van der Waals surface area contributed by atoms with Crippen LogP contribution >= 0.6 is 11.3 Å². The first-order valence-corrected chi connectivity index (χ1v) is 9.82. The minimum atomic E-state index is -2.91. The van der Waals surface area contributed by atoms with Crippen LogP contribution in [0.2, 0.25) is 0 Å². The third-order valence-electron chi connectivity index (χ3n) is 3.88. The molecule has 1 aliphatic rings. The van der Waals surface area contributed by atoms with Gasteiger partial charge in [-0.15, -0.1) is 11.3 Å². The second-order valence-corrected chi connectivity index (χ2v) is 8.72. The molecule has 0 spiro atoms. The number of sulfone groups is 1. The number of nitrogens with zero attached hydrogens (tertiary/aromatic N) is 2. The summed E-state index contributed by atoms with van der Waals surface area (Å²) < 4.78 is 23.0. The van der Waals surface area contributed by atoms with Gasteiger partial charge in [-0.05, 0) is 31.8 Å². The van der Waals surface area contributed by atoms with Crippen molar-refractivity contribution < 1.29 is 13.2 Å². The number of rotatable bonds is 6. The van der Waals surface area contributed by atoms with Crippen LogP contribution in [-0.4, -0.2) is 61.8 Å². The zero-order valence-corrected chi connectivity index (χ0v) is 14.1. The van der Waals surface area contributed by atoms with Gasteiger partial charge in [-0.25, -0.2) is 8.42 Å². The summed E-state index contributed by atoms with van der Waals surface area (Å²) in [6.07, 6.45) is 0.628. The molecule has 0 N–H and O–H groups in total. The van der Waals surface area contributed by atoms with Crippen LogP contribution in [0.5, 0.6) is 0 Å². The molecule has 1 saturated heterocycles. The SMILES string of the molecule is CCN(Cc1cccs1)C(=O)CN(C)C1CCS(=O)(=O)C1. The van der Waals surface area contributed by atoms with Crippen molar-refractivity contribution in [2.75, 3.05) is 31.6 Å². The zero-order chi connectivity index (χ0) is 15.5. The second kappa shape index (κ2) is 6.89. The lowest BCUT2D eigenvalue weighted by Crippen LogP contribution is -2.42. The Hall–Kier alpha value is -0.920. The summed E-state index contributed by atoms with van der Waals surface area (Å²) >= 11 is 1.64. The standard InChI is InChI=1S/C14H22N2O3S2/c1-3-16(9-13-5-4-7-20-13)14(17)10-15(2)12-6-8-21(18,19)11-12/h4-5,7,12H,3,6,8-11H2,1-2H3. The van der Waals surface area contributed by atoms with E-state index in [1.807, 2.05) is 41.3 Å². The quantitative estimate of drug-likeness (QED) is 0.787. The molecule has 5 nitrogen and oxygen atoms in total. The lowest BCUT2D eigenvalue weighted by atomic mass is 10.2. The molecule has 0 aromatic carbocycles. The predicted molar refractivity (Wildman–Crippen MR) is 85.1 cm³/mol. The first-order valence-electron chi connectivity index (χ1n) is 7.12. The molecule has 118 valence electrons. The van der Waals surface area contributed by atoms with Crippen molar-refractivity contribution in [3.63, 3.8) is 0 Å². The van der Waals surface area contributed by atoms with Gasteiger partial charge in [0.1, 0.15) is 0 Å². The molecular formula is C14H22N2O3S2. The summed E-state index contributed by atoms with van der Waals surface area (Å²) in [7, 11) is -1.07. The summed E-state index contributed by atoms with van der Waals surface area (Å²) in [5.41, 5.74) is 0. The van der Waals surface area contributed by atoms with Gasteiger partial charge in [0.25, 0.3) is 0 Å². The van der Waals surface area contributed by atoms with Crippen LogP contribution < -0.4 is 0 Å². The lowest BCUT2D eigenvalue weighted by Gasteiger charge is -2.27. The first-order chi connectivity index (χ1) is 9.91. The highest BCUT2D eigenvalue weighted by Gasteiger charge is 2.31. The lowest BCUT2D eigenvalue weighted by molar-refractivity contribution is -0.132. The molecule has 0 radical (unpaired) electrons.